The number of amides is 1. The van der Waals surface area contributed by atoms with Crippen molar-refractivity contribution in [1.82, 2.24) is 5.32 Å². The first kappa shape index (κ1) is 37.0. The number of anilines is 2. The maximum atomic E-state index is 13.8. The van der Waals surface area contributed by atoms with Crippen LogP contribution in [-0.4, -0.2) is 90.2 Å². The lowest BCUT2D eigenvalue weighted by molar-refractivity contribution is -0.122. The van der Waals surface area contributed by atoms with E-state index in [-0.39, 0.29) is 83.3 Å². The Morgan fingerprint density at radius 1 is 0.667 bits per heavy atom. The molecule has 0 saturated heterocycles. The van der Waals surface area contributed by atoms with E-state index in [1.54, 1.807) is 0 Å². The van der Waals surface area contributed by atoms with Gasteiger partial charge >= 0.3 is 0 Å². The number of carbonyl (C=O) groups is 4. The zero-order chi connectivity index (χ0) is 35.4. The van der Waals surface area contributed by atoms with Crippen molar-refractivity contribution in [3.8, 4) is 11.5 Å². The molecule has 0 bridgehead atoms. The molecule has 17 heteroatoms. The van der Waals surface area contributed by atoms with E-state index in [0.717, 1.165) is 0 Å². The Kier molecular flexibility index (Phi) is 13.5. The molecule has 2 aromatic carbocycles. The van der Waals surface area contributed by atoms with E-state index in [9.17, 15) is 29.4 Å². The number of nitrogens with two attached hydrogens (primary N) is 6. The number of fused-ring (bicyclic) bond motifs is 2. The topological polar surface area (TPSA) is 326 Å². The van der Waals surface area contributed by atoms with Crippen LogP contribution < -0.4 is 50.4 Å². The number of benzene rings is 2. The largest absolute Gasteiger partial charge is 0.507 e. The van der Waals surface area contributed by atoms with Crippen LogP contribution in [0, 0.1) is 0 Å². The van der Waals surface area contributed by atoms with Crippen LogP contribution >= 0.6 is 0 Å². The molecule has 2 unspecified atom stereocenters. The van der Waals surface area contributed by atoms with E-state index in [1.165, 1.54) is 24.3 Å². The van der Waals surface area contributed by atoms with Gasteiger partial charge in [-0.3, -0.25) is 29.2 Å². The molecule has 0 saturated carbocycles. The Morgan fingerprint density at radius 3 is 1.65 bits per heavy atom. The van der Waals surface area contributed by atoms with Crippen molar-refractivity contribution >= 4 is 46.6 Å². The number of hydrogen-bond donors (Lipinski definition) is 11. The zero-order valence-corrected chi connectivity index (χ0v) is 26.6. The summed E-state index contributed by atoms with van der Waals surface area (Å²) in [6.07, 6.45) is 2.43. The van der Waals surface area contributed by atoms with Gasteiger partial charge in [0.25, 0.3) is 0 Å². The third kappa shape index (κ3) is 9.79. The van der Waals surface area contributed by atoms with E-state index in [4.69, 9.17) is 34.4 Å². The normalized spacial score (nSPS) is 13.0. The third-order valence-electron chi connectivity index (χ3n) is 7.62. The number of aliphatic imine (C=N–C) groups is 2. The summed E-state index contributed by atoms with van der Waals surface area (Å²) in [6.45, 7) is 1.28. The highest BCUT2D eigenvalue weighted by Crippen LogP contribution is 2.42. The number of rotatable bonds is 19. The summed E-state index contributed by atoms with van der Waals surface area (Å²) in [7, 11) is 0. The minimum atomic E-state index is -0.770. The lowest BCUT2D eigenvalue weighted by atomic mass is 9.81. The second kappa shape index (κ2) is 17.5. The van der Waals surface area contributed by atoms with Crippen molar-refractivity contribution in [3.05, 3.63) is 46.5 Å². The van der Waals surface area contributed by atoms with Crippen molar-refractivity contribution < 1.29 is 29.4 Å². The standard InChI is InChI=1S/C31H45N11O6/c32-16(4-1-12-41-30(34)35)20(43)6-3-11-38-18-7-9-21(44)25-23(18)27(46)26-22(45)10-8-19(24(26)28(25)47)39-14-15-40-29(48)17(33)5-2-13-42-31(36)37/h7-10,16-17,38-39,44-45H,1-6,11-15,32-33H2,(H,40,48)(H4,34,35,41)(H4,36,37,42). The summed E-state index contributed by atoms with van der Waals surface area (Å²) < 4.78 is 0. The monoisotopic (exact) mass is 667 g/mol. The summed E-state index contributed by atoms with van der Waals surface area (Å²) in [5.74, 6) is -2.74. The van der Waals surface area contributed by atoms with E-state index in [0.29, 0.717) is 45.2 Å². The molecule has 0 spiro atoms. The molecule has 3 rings (SSSR count). The van der Waals surface area contributed by atoms with Gasteiger partial charge in [-0.05, 0) is 56.4 Å². The minimum Gasteiger partial charge on any atom is -0.507 e. The van der Waals surface area contributed by atoms with E-state index in [1.807, 2.05) is 0 Å². The van der Waals surface area contributed by atoms with Gasteiger partial charge in [0.1, 0.15) is 17.3 Å². The van der Waals surface area contributed by atoms with E-state index < -0.39 is 35.1 Å². The first-order chi connectivity index (χ1) is 22.8. The van der Waals surface area contributed by atoms with Crippen molar-refractivity contribution in [2.75, 3.05) is 43.4 Å². The molecule has 0 radical (unpaired) electrons. The first-order valence-electron chi connectivity index (χ1n) is 15.5. The second-order valence-corrected chi connectivity index (χ2v) is 11.2. The number of guanidine groups is 2. The molecule has 17 N–H and O–H groups in total. The number of nitrogens with zero attached hydrogens (tertiary/aromatic N) is 2. The summed E-state index contributed by atoms with van der Waals surface area (Å²) in [5.41, 5.74) is 32.9. The summed E-state index contributed by atoms with van der Waals surface area (Å²) in [4.78, 5) is 60.0. The SMILES string of the molecule is NC(N)=NCCCC(N)C(=O)CCCNc1ccc(O)c2c1C(=O)c1c(O)ccc(NCCNC(=O)C(N)CCCN=C(N)N)c1C2=O. The van der Waals surface area contributed by atoms with Crippen LogP contribution in [0.5, 0.6) is 11.5 Å². The van der Waals surface area contributed by atoms with Gasteiger partial charge in [0.15, 0.2) is 11.9 Å². The van der Waals surface area contributed by atoms with Crippen LogP contribution in [0.4, 0.5) is 11.4 Å². The molecule has 48 heavy (non-hydrogen) atoms. The van der Waals surface area contributed by atoms with Gasteiger partial charge < -0.3 is 60.6 Å². The summed E-state index contributed by atoms with van der Waals surface area (Å²) in [6, 6.07) is 4.03. The van der Waals surface area contributed by atoms with Gasteiger partial charge in [0, 0.05) is 50.5 Å². The Morgan fingerprint density at radius 2 is 1.15 bits per heavy atom. The zero-order valence-electron chi connectivity index (χ0n) is 26.6. The minimum absolute atomic E-state index is 0.0260. The molecule has 2 aromatic rings. The van der Waals surface area contributed by atoms with Crippen LogP contribution in [0.1, 0.15) is 70.4 Å². The number of carbonyl (C=O) groups excluding carboxylic acids is 4. The maximum absolute atomic E-state index is 13.8. The Bertz CT molecular complexity index is 1450. The van der Waals surface area contributed by atoms with Crippen molar-refractivity contribution in [1.29, 1.82) is 0 Å². The van der Waals surface area contributed by atoms with Crippen LogP contribution in [0.2, 0.25) is 0 Å². The number of phenols is 2. The third-order valence-corrected chi connectivity index (χ3v) is 7.62. The van der Waals surface area contributed by atoms with E-state index in [2.05, 4.69) is 25.9 Å². The number of nitrogens with one attached hydrogen (secondary N) is 3. The highest BCUT2D eigenvalue weighted by Gasteiger charge is 2.38. The molecule has 0 fully saturated rings. The molecule has 0 heterocycles. The highest BCUT2D eigenvalue weighted by molar-refractivity contribution is 6.33. The summed E-state index contributed by atoms with van der Waals surface area (Å²) >= 11 is 0. The van der Waals surface area contributed by atoms with Crippen molar-refractivity contribution in [2.24, 2.45) is 44.4 Å². The molecule has 1 aliphatic rings. The Labute approximate surface area is 277 Å². The van der Waals surface area contributed by atoms with Crippen LogP contribution in [0.15, 0.2) is 34.3 Å². The fraction of sp³-hybridized carbons (Fsp3) is 0.419. The van der Waals surface area contributed by atoms with Gasteiger partial charge in [-0.2, -0.15) is 0 Å². The molecule has 17 nitrogen and oxygen atoms in total. The molecule has 260 valence electrons. The lowest BCUT2D eigenvalue weighted by Gasteiger charge is -2.24. The lowest BCUT2D eigenvalue weighted by Crippen LogP contribution is -2.42. The molecule has 0 aliphatic heterocycles. The van der Waals surface area contributed by atoms with Crippen LogP contribution in [-0.2, 0) is 9.59 Å². The number of Topliss-reactive ketones (excluding diaryl/α,β-unsaturated/α-hetero) is 1. The Balaban J connectivity index is 1.63. The van der Waals surface area contributed by atoms with Gasteiger partial charge in [0.2, 0.25) is 17.5 Å². The predicted molar refractivity (Wildman–Crippen MR) is 183 cm³/mol. The average Bonchev–Trinajstić information content (AvgIpc) is 3.04. The van der Waals surface area contributed by atoms with Gasteiger partial charge in [-0.1, -0.05) is 0 Å². The maximum Gasteiger partial charge on any atom is 0.236 e. The quantitative estimate of drug-likeness (QED) is 0.0314. The number of ketones is 3. The summed E-state index contributed by atoms with van der Waals surface area (Å²) in [5, 5.41) is 30.1. The molecule has 1 aliphatic carbocycles. The van der Waals surface area contributed by atoms with Crippen molar-refractivity contribution in [3.63, 3.8) is 0 Å². The molecular weight excluding hydrogens is 622 g/mol. The smallest absolute Gasteiger partial charge is 0.236 e. The molecule has 2 atom stereocenters. The number of hydrogen-bond acceptors (Lipinski definition) is 12. The fourth-order valence-electron chi connectivity index (χ4n) is 5.18. The molecule has 1 amide bonds. The average molecular weight is 668 g/mol. The molecular formula is C31H45N11O6. The van der Waals surface area contributed by atoms with Crippen LogP contribution in [0.25, 0.3) is 0 Å². The number of aromatic hydroxyl groups is 2. The van der Waals surface area contributed by atoms with Crippen LogP contribution in [0.3, 0.4) is 0 Å². The second-order valence-electron chi connectivity index (χ2n) is 11.2. The van der Waals surface area contributed by atoms with Crippen molar-refractivity contribution in [2.45, 2.75) is 50.6 Å². The fourth-order valence-corrected chi connectivity index (χ4v) is 5.18. The number of phenolic OH excluding ortho intramolecular Hbond substituents is 2. The first-order valence-corrected chi connectivity index (χ1v) is 15.5. The van der Waals surface area contributed by atoms with Gasteiger partial charge in [-0.15, -0.1) is 0 Å². The highest BCUT2D eigenvalue weighted by atomic mass is 16.3. The molecule has 0 aromatic heterocycles. The Hall–Kier alpha value is -5.42. The van der Waals surface area contributed by atoms with Gasteiger partial charge in [-0.25, -0.2) is 0 Å². The van der Waals surface area contributed by atoms with E-state index >= 15 is 0 Å². The van der Waals surface area contributed by atoms with Gasteiger partial charge in [0.05, 0.1) is 34.3 Å². The predicted octanol–water partition coefficient (Wildman–Crippen LogP) is -1.08.